The maximum Gasteiger partial charge on any atom is 0.0180 e. The van der Waals surface area contributed by atoms with Crippen LogP contribution in [0.15, 0.2) is 58.2 Å². The highest BCUT2D eigenvalue weighted by Gasteiger charge is 2.26. The van der Waals surface area contributed by atoms with Gasteiger partial charge in [0.05, 0.1) is 0 Å². The third kappa shape index (κ3) is 4.67. The summed E-state index contributed by atoms with van der Waals surface area (Å²) < 4.78 is 0. The molecule has 124 valence electrons. The van der Waals surface area contributed by atoms with E-state index in [1.54, 1.807) is 5.57 Å². The van der Waals surface area contributed by atoms with Gasteiger partial charge in [0.15, 0.2) is 0 Å². The summed E-state index contributed by atoms with van der Waals surface area (Å²) in [6.07, 6.45) is 19.6. The van der Waals surface area contributed by atoms with Crippen molar-refractivity contribution in [2.24, 2.45) is 5.41 Å². The number of hydrogen-bond donors (Lipinski definition) is 1. The second kappa shape index (κ2) is 7.77. The minimum absolute atomic E-state index is 0.308. The van der Waals surface area contributed by atoms with Gasteiger partial charge in [-0.15, -0.1) is 0 Å². The van der Waals surface area contributed by atoms with E-state index in [0.29, 0.717) is 5.41 Å². The average Bonchev–Trinajstić information content (AvgIpc) is 2.72. The molecule has 0 saturated carbocycles. The molecule has 2 aliphatic rings. The van der Waals surface area contributed by atoms with Crippen LogP contribution in [0.1, 0.15) is 66.2 Å². The number of nitrogens with one attached hydrogen (secondary N) is 1. The van der Waals surface area contributed by atoms with Crippen molar-refractivity contribution in [3.63, 3.8) is 0 Å². The summed E-state index contributed by atoms with van der Waals surface area (Å²) in [6, 6.07) is 0. The van der Waals surface area contributed by atoms with E-state index in [-0.39, 0.29) is 0 Å². The SMILES string of the molecule is CC1=C(/C=C/C(C)=C2C=C/C(=C/C=N)CCC/2)C(C)(C)CCC1. The van der Waals surface area contributed by atoms with Crippen molar-refractivity contribution in [3.05, 3.63) is 58.2 Å². The van der Waals surface area contributed by atoms with Gasteiger partial charge in [-0.05, 0) is 86.2 Å². The van der Waals surface area contributed by atoms with Crippen LogP contribution in [0.3, 0.4) is 0 Å². The highest BCUT2D eigenvalue weighted by Crippen LogP contribution is 2.40. The molecule has 0 bridgehead atoms. The summed E-state index contributed by atoms with van der Waals surface area (Å²) in [7, 11) is 0. The minimum Gasteiger partial charge on any atom is -0.309 e. The van der Waals surface area contributed by atoms with Crippen molar-refractivity contribution < 1.29 is 0 Å². The van der Waals surface area contributed by atoms with Gasteiger partial charge in [-0.3, -0.25) is 0 Å². The molecule has 2 rings (SSSR count). The lowest BCUT2D eigenvalue weighted by atomic mass is 9.72. The largest absolute Gasteiger partial charge is 0.309 e. The minimum atomic E-state index is 0.308. The quantitative estimate of drug-likeness (QED) is 0.561. The third-order valence-electron chi connectivity index (χ3n) is 5.26. The summed E-state index contributed by atoms with van der Waals surface area (Å²) in [4.78, 5) is 0. The van der Waals surface area contributed by atoms with Crippen molar-refractivity contribution in [2.45, 2.75) is 66.2 Å². The summed E-state index contributed by atoms with van der Waals surface area (Å²) in [5.74, 6) is 0. The lowest BCUT2D eigenvalue weighted by molar-refractivity contribution is 0.377. The van der Waals surface area contributed by atoms with Crippen molar-refractivity contribution in [1.29, 1.82) is 5.41 Å². The van der Waals surface area contributed by atoms with Crippen LogP contribution < -0.4 is 0 Å². The molecule has 0 unspecified atom stereocenters. The predicted molar refractivity (Wildman–Crippen MR) is 102 cm³/mol. The molecule has 2 aliphatic carbocycles. The monoisotopic (exact) mass is 309 g/mol. The second-order valence-corrected chi connectivity index (χ2v) is 7.57. The van der Waals surface area contributed by atoms with Crippen LogP contribution in [0.4, 0.5) is 0 Å². The molecule has 0 aliphatic heterocycles. The fraction of sp³-hybridized carbons (Fsp3) is 0.500. The van der Waals surface area contributed by atoms with E-state index in [9.17, 15) is 0 Å². The van der Waals surface area contributed by atoms with Crippen LogP contribution in [0.5, 0.6) is 0 Å². The second-order valence-electron chi connectivity index (χ2n) is 7.57. The highest BCUT2D eigenvalue weighted by molar-refractivity contribution is 5.70. The molecule has 0 radical (unpaired) electrons. The van der Waals surface area contributed by atoms with Crippen LogP contribution in [0, 0.1) is 10.8 Å². The number of rotatable bonds is 3. The van der Waals surface area contributed by atoms with Crippen molar-refractivity contribution in [1.82, 2.24) is 0 Å². The normalized spacial score (nSPS) is 25.8. The van der Waals surface area contributed by atoms with Gasteiger partial charge >= 0.3 is 0 Å². The van der Waals surface area contributed by atoms with Gasteiger partial charge in [0.25, 0.3) is 0 Å². The molecule has 0 aromatic heterocycles. The van der Waals surface area contributed by atoms with Gasteiger partial charge in [0, 0.05) is 6.21 Å². The lowest BCUT2D eigenvalue weighted by Crippen LogP contribution is -2.19. The van der Waals surface area contributed by atoms with E-state index < -0.39 is 0 Å². The summed E-state index contributed by atoms with van der Waals surface area (Å²) in [5, 5.41) is 7.22. The van der Waals surface area contributed by atoms with Gasteiger partial charge in [-0.1, -0.05) is 43.7 Å². The zero-order chi connectivity index (χ0) is 16.9. The fourth-order valence-corrected chi connectivity index (χ4v) is 3.76. The Morgan fingerprint density at radius 2 is 1.91 bits per heavy atom. The molecule has 0 fully saturated rings. The zero-order valence-corrected chi connectivity index (χ0v) is 15.2. The molecule has 0 heterocycles. The van der Waals surface area contributed by atoms with Crippen LogP contribution in [0.25, 0.3) is 0 Å². The van der Waals surface area contributed by atoms with E-state index in [1.165, 1.54) is 54.2 Å². The molecule has 1 nitrogen and oxygen atoms in total. The first-order valence-corrected chi connectivity index (χ1v) is 8.90. The lowest BCUT2D eigenvalue weighted by Gasteiger charge is -2.33. The van der Waals surface area contributed by atoms with Crippen molar-refractivity contribution in [3.8, 4) is 0 Å². The molecule has 0 aromatic rings. The van der Waals surface area contributed by atoms with E-state index in [0.717, 1.165) is 12.8 Å². The summed E-state index contributed by atoms with van der Waals surface area (Å²) in [6.45, 7) is 9.27. The zero-order valence-electron chi connectivity index (χ0n) is 15.2. The van der Waals surface area contributed by atoms with Gasteiger partial charge in [0.1, 0.15) is 0 Å². The van der Waals surface area contributed by atoms with E-state index in [1.807, 2.05) is 6.08 Å². The van der Waals surface area contributed by atoms with Gasteiger partial charge in [-0.25, -0.2) is 0 Å². The molecule has 1 N–H and O–H groups in total. The third-order valence-corrected chi connectivity index (χ3v) is 5.26. The first-order chi connectivity index (χ1) is 10.9. The van der Waals surface area contributed by atoms with Gasteiger partial charge < -0.3 is 5.41 Å². The van der Waals surface area contributed by atoms with Crippen LogP contribution in [-0.4, -0.2) is 6.21 Å². The summed E-state index contributed by atoms with van der Waals surface area (Å²) in [5.41, 5.74) is 7.47. The van der Waals surface area contributed by atoms with E-state index in [2.05, 4.69) is 52.0 Å². The number of hydrogen-bond acceptors (Lipinski definition) is 1. The molecule has 0 spiro atoms. The predicted octanol–water partition coefficient (Wildman–Crippen LogP) is 6.70. The molecule has 23 heavy (non-hydrogen) atoms. The molecule has 1 heteroatoms. The Balaban J connectivity index is 2.23. The molecular weight excluding hydrogens is 278 g/mol. The van der Waals surface area contributed by atoms with Crippen molar-refractivity contribution in [2.75, 3.05) is 0 Å². The summed E-state index contributed by atoms with van der Waals surface area (Å²) >= 11 is 0. The van der Waals surface area contributed by atoms with Gasteiger partial charge in [-0.2, -0.15) is 0 Å². The molecule has 0 aromatic carbocycles. The first-order valence-electron chi connectivity index (χ1n) is 8.90. The Bertz CT molecular complexity index is 606. The Kier molecular flexibility index (Phi) is 5.98. The maximum absolute atomic E-state index is 7.22. The van der Waals surface area contributed by atoms with E-state index in [4.69, 9.17) is 5.41 Å². The van der Waals surface area contributed by atoms with Crippen LogP contribution >= 0.6 is 0 Å². The average molecular weight is 309 g/mol. The Hall–Kier alpha value is -1.63. The Labute approximate surface area is 142 Å². The highest BCUT2D eigenvalue weighted by atomic mass is 14.3. The molecule has 0 atom stereocenters. The van der Waals surface area contributed by atoms with Crippen molar-refractivity contribution >= 4 is 6.21 Å². The molecule has 0 saturated heterocycles. The maximum atomic E-state index is 7.22. The Morgan fingerprint density at radius 3 is 2.61 bits per heavy atom. The fourth-order valence-electron chi connectivity index (χ4n) is 3.76. The Morgan fingerprint density at radius 1 is 1.13 bits per heavy atom. The van der Waals surface area contributed by atoms with Gasteiger partial charge in [0.2, 0.25) is 0 Å². The first kappa shape index (κ1) is 17.7. The van der Waals surface area contributed by atoms with E-state index >= 15 is 0 Å². The topological polar surface area (TPSA) is 23.9 Å². The number of allylic oxidation sites excluding steroid dienone is 10. The molecular formula is C22H31N. The smallest absolute Gasteiger partial charge is 0.0180 e. The van der Waals surface area contributed by atoms with Crippen LogP contribution in [-0.2, 0) is 0 Å². The standard InChI is InChI=1S/C22H31N/c1-17(20-9-5-8-19(11-12-20)14-16-23)10-13-21-18(2)7-6-15-22(21,3)4/h10-14,16,23H,5-9,15H2,1-4H3/b13-10+,19-14+,20-17+,23-16?. The molecule has 0 amide bonds. The van der Waals surface area contributed by atoms with Crippen LogP contribution in [0.2, 0.25) is 0 Å².